The molecule has 0 aromatic heterocycles. The molecule has 0 unspecified atom stereocenters. The zero-order valence-corrected chi connectivity index (χ0v) is 18.1. The third-order valence-electron chi connectivity index (χ3n) is 6.55. The van der Waals surface area contributed by atoms with E-state index in [4.69, 9.17) is 4.74 Å². The van der Waals surface area contributed by atoms with Crippen LogP contribution in [0.15, 0.2) is 18.2 Å². The number of rotatable bonds is 3. The number of piperidine rings is 2. The minimum absolute atomic E-state index is 0. The maximum absolute atomic E-state index is 13.1. The van der Waals surface area contributed by atoms with Crippen molar-refractivity contribution in [2.75, 3.05) is 44.7 Å². The van der Waals surface area contributed by atoms with Crippen LogP contribution in [0.25, 0.3) is 0 Å². The Morgan fingerprint density at radius 1 is 1.07 bits per heavy atom. The van der Waals surface area contributed by atoms with Crippen molar-refractivity contribution in [3.63, 3.8) is 0 Å². The van der Waals surface area contributed by atoms with Crippen LogP contribution in [0.4, 0.5) is 10.5 Å². The largest absolute Gasteiger partial charge is 0.495 e. The highest BCUT2D eigenvalue weighted by Gasteiger charge is 2.37. The maximum atomic E-state index is 13.1. The predicted octanol–water partition coefficient (Wildman–Crippen LogP) is 2.17. The molecular formula is C21H29ClN4O4. The minimum atomic E-state index is -0.491. The number of carbonyl (C=O) groups is 3. The van der Waals surface area contributed by atoms with Crippen LogP contribution < -0.4 is 20.3 Å². The molecule has 0 saturated carbocycles. The monoisotopic (exact) mass is 436 g/mol. The molecule has 3 heterocycles. The number of nitrogens with one attached hydrogen (secondary N) is 2. The Balaban J connectivity index is 0.00000256. The molecule has 4 rings (SSSR count). The van der Waals surface area contributed by atoms with Crippen molar-refractivity contribution >= 4 is 35.9 Å². The summed E-state index contributed by atoms with van der Waals surface area (Å²) in [5, 5.41) is 5.74. The first-order valence-electron chi connectivity index (χ1n) is 10.3. The predicted molar refractivity (Wildman–Crippen MR) is 115 cm³/mol. The van der Waals surface area contributed by atoms with E-state index >= 15 is 0 Å². The lowest BCUT2D eigenvalue weighted by Crippen LogP contribution is -2.49. The molecule has 1 aromatic rings. The number of imide groups is 1. The molecule has 0 aliphatic carbocycles. The van der Waals surface area contributed by atoms with Crippen LogP contribution in [0, 0.1) is 5.41 Å². The summed E-state index contributed by atoms with van der Waals surface area (Å²) >= 11 is 0. The van der Waals surface area contributed by atoms with Gasteiger partial charge in [0.2, 0.25) is 5.91 Å². The first-order chi connectivity index (χ1) is 14.0. The lowest BCUT2D eigenvalue weighted by molar-refractivity contribution is -0.120. The third kappa shape index (κ3) is 4.39. The van der Waals surface area contributed by atoms with Crippen molar-refractivity contribution in [3.05, 3.63) is 23.8 Å². The summed E-state index contributed by atoms with van der Waals surface area (Å²) in [6.45, 7) is 3.92. The number of hydrogen-bond acceptors (Lipinski definition) is 5. The number of amides is 4. The number of anilines is 1. The second-order valence-corrected chi connectivity index (χ2v) is 8.18. The molecule has 3 saturated heterocycles. The van der Waals surface area contributed by atoms with Gasteiger partial charge in [-0.25, -0.2) is 4.79 Å². The Morgan fingerprint density at radius 2 is 1.77 bits per heavy atom. The Hall–Kier alpha value is -2.32. The van der Waals surface area contributed by atoms with Gasteiger partial charge < -0.3 is 15.0 Å². The summed E-state index contributed by atoms with van der Waals surface area (Å²) in [7, 11) is 1.52. The Bertz CT molecular complexity index is 815. The number of carbonyl (C=O) groups excluding carboxylic acids is 3. The zero-order chi connectivity index (χ0) is 20.4. The van der Waals surface area contributed by atoms with Crippen molar-refractivity contribution in [2.24, 2.45) is 5.41 Å². The van der Waals surface area contributed by atoms with Gasteiger partial charge in [-0.1, -0.05) is 0 Å². The molecule has 0 radical (unpaired) electrons. The molecule has 4 amide bonds. The van der Waals surface area contributed by atoms with Crippen LogP contribution in [-0.4, -0.2) is 62.6 Å². The molecule has 0 bridgehead atoms. The quantitative estimate of drug-likeness (QED) is 0.757. The fraction of sp³-hybridized carbons (Fsp3) is 0.571. The standard InChI is InChI=1S/C21H28N4O4.ClH/c1-29-17-3-2-15(14-16(17)25-11-4-18(26)23-20(25)28)19(27)24-12-7-21(8-13-24)5-9-22-10-6-21;/h2-3,14,22H,4-13H2,1H3,(H,23,26,28);1H. The number of hydrogen-bond donors (Lipinski definition) is 2. The number of methoxy groups -OCH3 is 1. The van der Waals surface area contributed by atoms with Gasteiger partial charge in [0.25, 0.3) is 5.91 Å². The average molecular weight is 437 g/mol. The molecule has 1 aromatic carbocycles. The van der Waals surface area contributed by atoms with Gasteiger partial charge in [-0.05, 0) is 62.4 Å². The Kier molecular flexibility index (Phi) is 6.88. The van der Waals surface area contributed by atoms with Gasteiger partial charge in [-0.2, -0.15) is 0 Å². The summed E-state index contributed by atoms with van der Waals surface area (Å²) in [6, 6.07) is 4.66. The fourth-order valence-corrected chi connectivity index (χ4v) is 4.65. The summed E-state index contributed by atoms with van der Waals surface area (Å²) in [6.07, 6.45) is 4.67. The van der Waals surface area contributed by atoms with Gasteiger partial charge in [0.15, 0.2) is 0 Å². The number of likely N-dealkylation sites (tertiary alicyclic amines) is 1. The van der Waals surface area contributed by atoms with E-state index < -0.39 is 6.03 Å². The number of halogens is 1. The SMILES string of the molecule is COc1ccc(C(=O)N2CCC3(CCNCC3)CC2)cc1N1CCC(=O)NC1=O.Cl. The Labute approximate surface area is 182 Å². The molecule has 2 N–H and O–H groups in total. The molecule has 3 aliphatic rings. The van der Waals surface area contributed by atoms with Crippen molar-refractivity contribution < 1.29 is 19.1 Å². The van der Waals surface area contributed by atoms with Crippen LogP contribution in [0.1, 0.15) is 42.5 Å². The molecular weight excluding hydrogens is 408 g/mol. The van der Waals surface area contributed by atoms with E-state index in [-0.39, 0.29) is 37.2 Å². The molecule has 0 atom stereocenters. The van der Waals surface area contributed by atoms with Gasteiger partial charge in [0, 0.05) is 31.6 Å². The summed E-state index contributed by atoms with van der Waals surface area (Å²) in [4.78, 5) is 40.2. The highest BCUT2D eigenvalue weighted by atomic mass is 35.5. The van der Waals surface area contributed by atoms with Crippen molar-refractivity contribution in [2.45, 2.75) is 32.1 Å². The topological polar surface area (TPSA) is 91.0 Å². The van der Waals surface area contributed by atoms with Crippen LogP contribution in [0.5, 0.6) is 5.75 Å². The minimum Gasteiger partial charge on any atom is -0.495 e. The van der Waals surface area contributed by atoms with Gasteiger partial charge >= 0.3 is 6.03 Å². The van der Waals surface area contributed by atoms with E-state index in [0.717, 1.165) is 39.0 Å². The van der Waals surface area contributed by atoms with Crippen LogP contribution >= 0.6 is 12.4 Å². The molecule has 9 heteroatoms. The molecule has 3 aliphatic heterocycles. The summed E-state index contributed by atoms with van der Waals surface area (Å²) in [5.41, 5.74) is 1.42. The highest BCUT2D eigenvalue weighted by Crippen LogP contribution is 2.40. The van der Waals surface area contributed by atoms with Gasteiger partial charge in [-0.15, -0.1) is 12.4 Å². The van der Waals surface area contributed by atoms with Gasteiger partial charge in [-0.3, -0.25) is 19.8 Å². The Morgan fingerprint density at radius 3 is 2.40 bits per heavy atom. The summed E-state index contributed by atoms with van der Waals surface area (Å²) in [5.74, 6) is 0.183. The van der Waals surface area contributed by atoms with Gasteiger partial charge in [0.05, 0.1) is 12.8 Å². The van der Waals surface area contributed by atoms with E-state index in [9.17, 15) is 14.4 Å². The number of benzene rings is 1. The fourth-order valence-electron chi connectivity index (χ4n) is 4.65. The van der Waals surface area contributed by atoms with E-state index in [2.05, 4.69) is 10.6 Å². The van der Waals surface area contributed by atoms with Crippen LogP contribution in [0.3, 0.4) is 0 Å². The number of urea groups is 1. The normalized spacial score (nSPS) is 21.1. The van der Waals surface area contributed by atoms with Crippen molar-refractivity contribution in [1.82, 2.24) is 15.5 Å². The van der Waals surface area contributed by atoms with E-state index in [0.29, 0.717) is 22.4 Å². The average Bonchev–Trinajstić information content (AvgIpc) is 2.74. The number of nitrogens with zero attached hydrogens (tertiary/aromatic N) is 2. The lowest BCUT2D eigenvalue weighted by Gasteiger charge is -2.44. The zero-order valence-electron chi connectivity index (χ0n) is 17.2. The van der Waals surface area contributed by atoms with E-state index in [1.165, 1.54) is 24.9 Å². The molecule has 3 fully saturated rings. The lowest BCUT2D eigenvalue weighted by atomic mass is 9.71. The smallest absolute Gasteiger partial charge is 0.328 e. The summed E-state index contributed by atoms with van der Waals surface area (Å²) < 4.78 is 5.39. The molecule has 164 valence electrons. The van der Waals surface area contributed by atoms with E-state index in [1.807, 2.05) is 4.90 Å². The van der Waals surface area contributed by atoms with Crippen LogP contribution in [-0.2, 0) is 4.79 Å². The second-order valence-electron chi connectivity index (χ2n) is 8.18. The highest BCUT2D eigenvalue weighted by molar-refractivity contribution is 6.07. The molecule has 8 nitrogen and oxygen atoms in total. The number of ether oxygens (including phenoxy) is 1. The first kappa shape index (κ1) is 22.4. The van der Waals surface area contributed by atoms with E-state index in [1.54, 1.807) is 18.2 Å². The first-order valence-corrected chi connectivity index (χ1v) is 10.3. The molecule has 1 spiro atoms. The second kappa shape index (κ2) is 9.22. The van der Waals surface area contributed by atoms with Crippen molar-refractivity contribution in [1.29, 1.82) is 0 Å². The van der Waals surface area contributed by atoms with Gasteiger partial charge in [0.1, 0.15) is 5.75 Å². The van der Waals surface area contributed by atoms with Crippen molar-refractivity contribution in [3.8, 4) is 5.75 Å². The van der Waals surface area contributed by atoms with Crippen LogP contribution in [0.2, 0.25) is 0 Å². The molecule has 30 heavy (non-hydrogen) atoms. The maximum Gasteiger partial charge on any atom is 0.328 e. The third-order valence-corrected chi connectivity index (χ3v) is 6.55.